The highest BCUT2D eigenvalue weighted by atomic mass is 35.5. The van der Waals surface area contributed by atoms with Crippen molar-refractivity contribution in [3.63, 3.8) is 0 Å². The molecule has 3 aromatic rings. The van der Waals surface area contributed by atoms with Gasteiger partial charge >= 0.3 is 0 Å². The number of benzene rings is 3. The van der Waals surface area contributed by atoms with Gasteiger partial charge in [0.25, 0.3) is 0 Å². The van der Waals surface area contributed by atoms with Crippen molar-refractivity contribution < 1.29 is 29.2 Å². The smallest absolute Gasteiger partial charge is 0.183 e. The van der Waals surface area contributed by atoms with E-state index in [0.717, 1.165) is 35.1 Å². The number of halogens is 1. The Bertz CT molecular complexity index is 1060. The summed E-state index contributed by atoms with van der Waals surface area (Å²) < 4.78 is 23.4. The lowest BCUT2D eigenvalue weighted by Crippen LogP contribution is -2.34. The van der Waals surface area contributed by atoms with Crippen molar-refractivity contribution in [2.24, 2.45) is 0 Å². The molecular weight excluding hydrogens is 492 g/mol. The molecule has 0 aromatic heterocycles. The van der Waals surface area contributed by atoms with E-state index in [2.05, 4.69) is 18.2 Å². The van der Waals surface area contributed by atoms with Crippen LogP contribution >= 0.6 is 11.6 Å². The van der Waals surface area contributed by atoms with Gasteiger partial charge in [0.1, 0.15) is 5.75 Å². The lowest BCUT2D eigenvalue weighted by Gasteiger charge is -2.34. The summed E-state index contributed by atoms with van der Waals surface area (Å²) >= 11 is 6.53. The van der Waals surface area contributed by atoms with Gasteiger partial charge in [-0.1, -0.05) is 66.2 Å². The monoisotopic (exact) mass is 528 g/mol. The van der Waals surface area contributed by atoms with Gasteiger partial charge < -0.3 is 29.2 Å². The van der Waals surface area contributed by atoms with E-state index in [-0.39, 0.29) is 12.2 Å². The summed E-state index contributed by atoms with van der Waals surface area (Å²) in [6, 6.07) is 23.8. The lowest BCUT2D eigenvalue weighted by molar-refractivity contribution is -0.179. The van der Waals surface area contributed by atoms with Crippen LogP contribution in [0.25, 0.3) is 0 Å². The van der Waals surface area contributed by atoms with Gasteiger partial charge in [-0.15, -0.1) is 0 Å². The fourth-order valence-electron chi connectivity index (χ4n) is 4.44. The quantitative estimate of drug-likeness (QED) is 0.320. The van der Waals surface area contributed by atoms with E-state index in [4.69, 9.17) is 35.7 Å². The highest BCUT2D eigenvalue weighted by Crippen LogP contribution is 2.34. The van der Waals surface area contributed by atoms with Crippen molar-refractivity contribution >= 4 is 11.6 Å². The Morgan fingerprint density at radius 2 is 1.73 bits per heavy atom. The zero-order valence-corrected chi connectivity index (χ0v) is 22.4. The summed E-state index contributed by atoms with van der Waals surface area (Å²) in [6.07, 6.45) is 0.338. The fourth-order valence-corrected chi connectivity index (χ4v) is 4.62. The molecule has 2 N–H and O–H groups in total. The first kappa shape index (κ1) is 29.1. The number of hydrogen-bond donors (Lipinski definition) is 2. The molecular formula is C30H37ClO6. The maximum Gasteiger partial charge on any atom is 0.183 e. The summed E-state index contributed by atoms with van der Waals surface area (Å²) in [5.74, 6) is 0.858. The second-order valence-electron chi connectivity index (χ2n) is 8.79. The lowest BCUT2D eigenvalue weighted by atomic mass is 9.94. The van der Waals surface area contributed by atoms with Gasteiger partial charge in [-0.05, 0) is 48.2 Å². The van der Waals surface area contributed by atoms with Gasteiger partial charge in [0.05, 0.1) is 31.5 Å². The van der Waals surface area contributed by atoms with Crippen LogP contribution in [0.2, 0.25) is 5.02 Å². The second kappa shape index (κ2) is 15.1. The molecule has 1 fully saturated rings. The third kappa shape index (κ3) is 8.54. The normalized spacial score (nSPS) is 20.0. The van der Waals surface area contributed by atoms with Gasteiger partial charge in [0.2, 0.25) is 0 Å². The molecule has 3 aromatic carbocycles. The third-order valence-electron chi connectivity index (χ3n) is 6.17. The van der Waals surface area contributed by atoms with Gasteiger partial charge in [-0.2, -0.15) is 0 Å². The van der Waals surface area contributed by atoms with Gasteiger partial charge in [0, 0.05) is 37.6 Å². The largest absolute Gasteiger partial charge is 0.494 e. The Kier molecular flexibility index (Phi) is 11.9. The van der Waals surface area contributed by atoms with Crippen LogP contribution in [0, 0.1) is 0 Å². The highest BCUT2D eigenvalue weighted by molar-refractivity contribution is 6.31. The van der Waals surface area contributed by atoms with Crippen LogP contribution in [0.3, 0.4) is 0 Å². The first-order valence-electron chi connectivity index (χ1n) is 12.5. The van der Waals surface area contributed by atoms with Crippen molar-refractivity contribution in [3.05, 3.63) is 100 Å². The Morgan fingerprint density at radius 3 is 2.41 bits per heavy atom. The zero-order chi connectivity index (χ0) is 26.6. The van der Waals surface area contributed by atoms with E-state index >= 15 is 0 Å². The van der Waals surface area contributed by atoms with E-state index in [0.29, 0.717) is 37.5 Å². The second-order valence-corrected chi connectivity index (χ2v) is 9.20. The molecule has 0 amide bonds. The Labute approximate surface area is 224 Å². The van der Waals surface area contributed by atoms with Crippen molar-refractivity contribution in [2.45, 2.75) is 50.8 Å². The summed E-state index contributed by atoms with van der Waals surface area (Å²) in [7, 11) is 2.62. The molecule has 4 unspecified atom stereocenters. The van der Waals surface area contributed by atoms with Crippen LogP contribution in [0.1, 0.15) is 54.4 Å². The molecule has 200 valence electrons. The first-order valence-corrected chi connectivity index (χ1v) is 12.9. The highest BCUT2D eigenvalue weighted by Gasteiger charge is 2.30. The minimum Gasteiger partial charge on any atom is -0.494 e. The number of methoxy groups -OCH3 is 1. The molecule has 0 bridgehead atoms. The Morgan fingerprint density at radius 1 is 1.00 bits per heavy atom. The van der Waals surface area contributed by atoms with Gasteiger partial charge in [0.15, 0.2) is 6.29 Å². The van der Waals surface area contributed by atoms with E-state index in [1.165, 1.54) is 0 Å². The van der Waals surface area contributed by atoms with E-state index in [1.807, 2.05) is 61.5 Å². The number of aliphatic hydroxyl groups excluding tert-OH is 2. The molecule has 6 nitrogen and oxygen atoms in total. The fraction of sp³-hybridized carbons (Fsp3) is 0.400. The average molecular weight is 529 g/mol. The first-order chi connectivity index (χ1) is 18.1. The summed E-state index contributed by atoms with van der Waals surface area (Å²) in [5, 5.41) is 18.3. The minimum absolute atomic E-state index is 0.235. The number of ether oxygens (including phenoxy) is 4. The van der Waals surface area contributed by atoms with Gasteiger partial charge in [-0.3, -0.25) is 0 Å². The molecule has 0 aliphatic carbocycles. The van der Waals surface area contributed by atoms with Crippen molar-refractivity contribution in [1.29, 1.82) is 0 Å². The Hall–Kier alpha value is -2.45. The van der Waals surface area contributed by atoms with E-state index in [9.17, 15) is 5.11 Å². The van der Waals surface area contributed by atoms with Crippen molar-refractivity contribution in [3.8, 4) is 5.75 Å². The van der Waals surface area contributed by atoms with Crippen LogP contribution in [0.15, 0.2) is 72.8 Å². The summed E-state index contributed by atoms with van der Waals surface area (Å²) in [6.45, 7) is 2.94. The number of aliphatic hydroxyl groups is 2. The predicted octanol–water partition coefficient (Wildman–Crippen LogP) is 5.88. The molecule has 0 saturated carbocycles. The summed E-state index contributed by atoms with van der Waals surface area (Å²) in [4.78, 5) is 0. The molecule has 1 aliphatic rings. The van der Waals surface area contributed by atoms with Crippen LogP contribution < -0.4 is 4.74 Å². The van der Waals surface area contributed by atoms with Crippen LogP contribution in [-0.2, 0) is 20.6 Å². The van der Waals surface area contributed by atoms with Crippen molar-refractivity contribution in [2.75, 3.05) is 27.4 Å². The molecule has 0 radical (unpaired) electrons. The van der Waals surface area contributed by atoms with E-state index in [1.54, 1.807) is 7.11 Å². The van der Waals surface area contributed by atoms with Crippen LogP contribution in [0.5, 0.6) is 5.75 Å². The molecule has 0 spiro atoms. The molecule has 1 saturated heterocycles. The van der Waals surface area contributed by atoms with Gasteiger partial charge in [-0.25, -0.2) is 0 Å². The Balaban J connectivity index is 0.00000186. The molecule has 4 rings (SSSR count). The van der Waals surface area contributed by atoms with Crippen LogP contribution in [0.4, 0.5) is 0 Å². The zero-order valence-electron chi connectivity index (χ0n) is 21.7. The molecule has 7 heteroatoms. The SMILES string of the molecule is CCOc1ccc(Cc2cc(C3CC(O)CC(COC(OC)c4ccccc4)O3)ccc2Cl)cc1.CO. The van der Waals surface area contributed by atoms with Crippen LogP contribution in [-0.4, -0.2) is 49.9 Å². The maximum atomic E-state index is 10.6. The average Bonchev–Trinajstić information content (AvgIpc) is 2.93. The van der Waals surface area contributed by atoms with E-state index < -0.39 is 12.4 Å². The number of rotatable bonds is 10. The number of hydrogen-bond acceptors (Lipinski definition) is 6. The molecule has 1 aliphatic heterocycles. The molecule has 1 heterocycles. The third-order valence-corrected chi connectivity index (χ3v) is 6.54. The minimum atomic E-state index is -0.478. The maximum absolute atomic E-state index is 10.6. The topological polar surface area (TPSA) is 77.4 Å². The molecule has 37 heavy (non-hydrogen) atoms. The standard InChI is InChI=1S/C29H33ClO5.CH4O/c1-3-33-25-12-9-20(10-13-25)15-23-16-22(11-14-27(23)30)28-18-24(31)17-26(35-28)19-34-29(32-2)21-7-5-4-6-8-21;1-2/h4-14,16,24,26,28-29,31H,3,15,17-19H2,1-2H3;2H,1H3. The van der Waals surface area contributed by atoms with Crippen molar-refractivity contribution in [1.82, 2.24) is 0 Å². The predicted molar refractivity (Wildman–Crippen MR) is 145 cm³/mol. The summed E-state index contributed by atoms with van der Waals surface area (Å²) in [5.41, 5.74) is 4.12. The molecule has 4 atom stereocenters.